The smallest absolute Gasteiger partial charge is 0.154 e. The van der Waals surface area contributed by atoms with Gasteiger partial charge in [0.05, 0.1) is 11.4 Å². The van der Waals surface area contributed by atoms with Crippen molar-refractivity contribution in [1.82, 2.24) is 4.98 Å². The van der Waals surface area contributed by atoms with Gasteiger partial charge in [-0.25, -0.2) is 4.39 Å². The van der Waals surface area contributed by atoms with E-state index in [1.807, 2.05) is 12.1 Å². The molecule has 0 spiro atoms. The predicted molar refractivity (Wildman–Crippen MR) is 113 cm³/mol. The van der Waals surface area contributed by atoms with Crippen LogP contribution in [0.2, 0.25) is 0 Å². The summed E-state index contributed by atoms with van der Waals surface area (Å²) in [7, 11) is 0.243. The van der Waals surface area contributed by atoms with Crippen molar-refractivity contribution in [3.05, 3.63) is 95.6 Å². The van der Waals surface area contributed by atoms with Crippen LogP contribution in [0.3, 0.4) is 0 Å². The zero-order valence-corrected chi connectivity index (χ0v) is 16.1. The van der Waals surface area contributed by atoms with Crippen molar-refractivity contribution in [3.63, 3.8) is 0 Å². The zero-order valence-electron chi connectivity index (χ0n) is 15.3. The lowest BCUT2D eigenvalue weighted by molar-refractivity contribution is 0.627. The number of aliphatic imine (C=N–C) groups is 1. The summed E-state index contributed by atoms with van der Waals surface area (Å²) in [5.41, 5.74) is 6.26. The maximum atomic E-state index is 13.4. The standard InChI is InChI=1S/C23H20FN2S/c1-27(2)20-9-5-17(6-10-20)22-15-21(16-11-13-25-14-12-16)23(26-22)18-3-7-19(24)8-4-18/h3-14H,15H2,1-2H3/q+1. The van der Waals surface area contributed by atoms with Crippen LogP contribution in [0.1, 0.15) is 23.1 Å². The van der Waals surface area contributed by atoms with Crippen LogP contribution in [0, 0.1) is 5.82 Å². The van der Waals surface area contributed by atoms with Crippen molar-refractivity contribution in [2.24, 2.45) is 4.99 Å². The van der Waals surface area contributed by atoms with Crippen LogP contribution in [-0.2, 0) is 10.9 Å². The Bertz CT molecular complexity index is 1000. The fraction of sp³-hybridized carbons (Fsp3) is 0.130. The van der Waals surface area contributed by atoms with Gasteiger partial charge in [-0.1, -0.05) is 0 Å². The number of pyridine rings is 1. The Balaban J connectivity index is 1.75. The number of benzene rings is 2. The summed E-state index contributed by atoms with van der Waals surface area (Å²) in [6.45, 7) is 0. The molecule has 1 aromatic heterocycles. The van der Waals surface area contributed by atoms with E-state index in [0.717, 1.165) is 40.1 Å². The lowest BCUT2D eigenvalue weighted by Crippen LogP contribution is -2.00. The Kier molecular flexibility index (Phi) is 4.90. The van der Waals surface area contributed by atoms with Gasteiger partial charge in [0, 0.05) is 35.3 Å². The molecule has 0 bridgehead atoms. The predicted octanol–water partition coefficient (Wildman–Crippen LogP) is 5.22. The average Bonchev–Trinajstić information content (AvgIpc) is 3.15. The van der Waals surface area contributed by atoms with E-state index in [1.54, 1.807) is 24.5 Å². The van der Waals surface area contributed by atoms with E-state index >= 15 is 0 Å². The van der Waals surface area contributed by atoms with Crippen LogP contribution in [0.25, 0.3) is 11.3 Å². The number of rotatable bonds is 4. The molecule has 0 saturated carbocycles. The molecular formula is C23H20FN2S+. The van der Waals surface area contributed by atoms with Gasteiger partial charge in [-0.2, -0.15) is 0 Å². The Morgan fingerprint density at radius 1 is 0.778 bits per heavy atom. The minimum Gasteiger partial charge on any atom is -0.265 e. The Morgan fingerprint density at radius 3 is 2.04 bits per heavy atom. The molecular weight excluding hydrogens is 355 g/mol. The van der Waals surface area contributed by atoms with E-state index in [0.29, 0.717) is 0 Å². The van der Waals surface area contributed by atoms with Crippen LogP contribution >= 0.6 is 0 Å². The SMILES string of the molecule is C[S+](C)c1ccc(C2=NC(c3ccc(F)cc3)=C(c3ccncc3)C2)cc1. The van der Waals surface area contributed by atoms with Gasteiger partial charge in [0.2, 0.25) is 0 Å². The van der Waals surface area contributed by atoms with Crippen molar-refractivity contribution in [2.45, 2.75) is 11.3 Å². The topological polar surface area (TPSA) is 25.2 Å². The maximum absolute atomic E-state index is 13.4. The maximum Gasteiger partial charge on any atom is 0.154 e. The summed E-state index contributed by atoms with van der Waals surface area (Å²) in [5, 5.41) is 0. The van der Waals surface area contributed by atoms with Crippen LogP contribution in [-0.4, -0.2) is 23.2 Å². The molecule has 0 fully saturated rings. The Hall–Kier alpha value is -2.72. The van der Waals surface area contributed by atoms with E-state index in [1.165, 1.54) is 17.0 Å². The molecule has 0 amide bonds. The van der Waals surface area contributed by atoms with Gasteiger partial charge in [-0.15, -0.1) is 0 Å². The van der Waals surface area contributed by atoms with Gasteiger partial charge in [-0.05, 0) is 77.4 Å². The minimum atomic E-state index is -0.239. The van der Waals surface area contributed by atoms with Gasteiger partial charge >= 0.3 is 0 Å². The third-order valence-electron chi connectivity index (χ3n) is 4.68. The molecule has 0 saturated heterocycles. The average molecular weight is 375 g/mol. The summed E-state index contributed by atoms with van der Waals surface area (Å²) in [4.78, 5) is 10.4. The first kappa shape index (κ1) is 17.7. The van der Waals surface area contributed by atoms with E-state index < -0.39 is 0 Å². The zero-order chi connectivity index (χ0) is 18.8. The van der Waals surface area contributed by atoms with E-state index in [9.17, 15) is 4.39 Å². The van der Waals surface area contributed by atoms with Crippen molar-refractivity contribution < 1.29 is 4.39 Å². The summed E-state index contributed by atoms with van der Waals surface area (Å²) in [6, 6.07) is 19.2. The molecule has 0 N–H and O–H groups in total. The highest BCUT2D eigenvalue weighted by molar-refractivity contribution is 7.95. The number of nitrogens with zero attached hydrogens (tertiary/aromatic N) is 2. The van der Waals surface area contributed by atoms with Gasteiger partial charge < -0.3 is 0 Å². The number of aromatic nitrogens is 1. The highest BCUT2D eigenvalue weighted by atomic mass is 32.2. The molecule has 4 heteroatoms. The third kappa shape index (κ3) is 3.71. The van der Waals surface area contributed by atoms with Crippen LogP contribution in [0.5, 0.6) is 0 Å². The normalized spacial score (nSPS) is 14.0. The number of hydrogen-bond donors (Lipinski definition) is 0. The Morgan fingerprint density at radius 2 is 1.41 bits per heavy atom. The molecule has 27 heavy (non-hydrogen) atoms. The first-order chi connectivity index (χ1) is 13.1. The van der Waals surface area contributed by atoms with Crippen molar-refractivity contribution in [3.8, 4) is 0 Å². The molecule has 1 aliphatic rings. The molecule has 2 heterocycles. The number of halogens is 1. The largest absolute Gasteiger partial charge is 0.265 e. The molecule has 0 atom stereocenters. The van der Waals surface area contributed by atoms with E-state index in [2.05, 4.69) is 41.8 Å². The second-order valence-corrected chi connectivity index (χ2v) is 8.75. The van der Waals surface area contributed by atoms with Gasteiger partial charge in [0.15, 0.2) is 4.90 Å². The monoisotopic (exact) mass is 375 g/mol. The van der Waals surface area contributed by atoms with E-state index in [4.69, 9.17) is 4.99 Å². The highest BCUT2D eigenvalue weighted by Crippen LogP contribution is 2.37. The summed E-state index contributed by atoms with van der Waals surface area (Å²) in [6.07, 6.45) is 8.78. The molecule has 2 nitrogen and oxygen atoms in total. The number of allylic oxidation sites excluding steroid dienone is 1. The Labute approximate surface area is 161 Å². The quantitative estimate of drug-likeness (QED) is 0.574. The van der Waals surface area contributed by atoms with Crippen LogP contribution < -0.4 is 0 Å². The van der Waals surface area contributed by atoms with Crippen molar-refractivity contribution in [1.29, 1.82) is 0 Å². The first-order valence-electron chi connectivity index (χ1n) is 8.77. The second-order valence-electron chi connectivity index (χ2n) is 6.65. The molecule has 0 aliphatic carbocycles. The molecule has 0 unspecified atom stereocenters. The molecule has 3 aromatic rings. The van der Waals surface area contributed by atoms with Crippen molar-refractivity contribution >= 4 is 27.9 Å². The van der Waals surface area contributed by atoms with Gasteiger partial charge in [0.1, 0.15) is 18.3 Å². The third-order valence-corrected chi connectivity index (χ3v) is 5.90. The second kappa shape index (κ2) is 7.49. The first-order valence-corrected chi connectivity index (χ1v) is 10.8. The van der Waals surface area contributed by atoms with Crippen molar-refractivity contribution in [2.75, 3.05) is 12.5 Å². The lowest BCUT2D eigenvalue weighted by Gasteiger charge is -2.06. The molecule has 134 valence electrons. The van der Waals surface area contributed by atoms with Gasteiger partial charge in [0.25, 0.3) is 0 Å². The van der Waals surface area contributed by atoms with E-state index in [-0.39, 0.29) is 16.7 Å². The van der Waals surface area contributed by atoms with Gasteiger partial charge in [-0.3, -0.25) is 9.98 Å². The summed E-state index contributed by atoms with van der Waals surface area (Å²) in [5.74, 6) is -0.239. The number of hydrogen-bond acceptors (Lipinski definition) is 2. The molecule has 1 aliphatic heterocycles. The summed E-state index contributed by atoms with van der Waals surface area (Å²) >= 11 is 0. The fourth-order valence-electron chi connectivity index (χ4n) is 3.22. The molecule has 2 aromatic carbocycles. The van der Waals surface area contributed by atoms with Crippen LogP contribution in [0.15, 0.2) is 82.9 Å². The fourth-order valence-corrected chi connectivity index (χ4v) is 3.90. The lowest BCUT2D eigenvalue weighted by atomic mass is 9.97. The highest BCUT2D eigenvalue weighted by Gasteiger charge is 2.22. The molecule has 0 radical (unpaired) electrons. The summed E-state index contributed by atoms with van der Waals surface area (Å²) < 4.78 is 13.4. The van der Waals surface area contributed by atoms with Crippen LogP contribution in [0.4, 0.5) is 4.39 Å². The minimum absolute atomic E-state index is 0.239. The molecule has 4 rings (SSSR count).